The summed E-state index contributed by atoms with van der Waals surface area (Å²) in [5.74, 6) is 0.606. The topological polar surface area (TPSA) is 107 Å². The average Bonchev–Trinajstić information content (AvgIpc) is 2.88. The second kappa shape index (κ2) is 10.8. The van der Waals surface area contributed by atoms with Gasteiger partial charge in [-0.25, -0.2) is 4.79 Å². The molecule has 1 aromatic heterocycles. The van der Waals surface area contributed by atoms with E-state index in [4.69, 9.17) is 13.9 Å². The molecule has 0 unspecified atom stereocenters. The van der Waals surface area contributed by atoms with Gasteiger partial charge >= 0.3 is 5.63 Å². The van der Waals surface area contributed by atoms with E-state index in [9.17, 15) is 14.4 Å². The zero-order valence-electron chi connectivity index (χ0n) is 20.2. The fraction of sp³-hybridized carbons (Fsp3) is 0.179. The third-order valence-corrected chi connectivity index (χ3v) is 5.88. The summed E-state index contributed by atoms with van der Waals surface area (Å²) in [5.41, 5.74) is 2.76. The summed E-state index contributed by atoms with van der Waals surface area (Å²) < 4.78 is 15.9. The number of aryl methyl sites for hydroxylation is 1. The van der Waals surface area contributed by atoms with Crippen molar-refractivity contribution >= 4 is 34.2 Å². The summed E-state index contributed by atoms with van der Waals surface area (Å²) in [4.78, 5) is 37.6. The summed E-state index contributed by atoms with van der Waals surface area (Å²) in [7, 11) is 3.08. The predicted molar refractivity (Wildman–Crippen MR) is 138 cm³/mol. The molecular formula is C28H26N2O6. The summed E-state index contributed by atoms with van der Waals surface area (Å²) in [6, 6.07) is 19.0. The molecular weight excluding hydrogens is 460 g/mol. The first kappa shape index (κ1) is 24.5. The highest BCUT2D eigenvalue weighted by Crippen LogP contribution is 2.25. The predicted octanol–water partition coefficient (Wildman–Crippen LogP) is 4.94. The molecule has 0 saturated heterocycles. The van der Waals surface area contributed by atoms with E-state index in [1.165, 1.54) is 7.11 Å². The fourth-order valence-corrected chi connectivity index (χ4v) is 3.90. The Morgan fingerprint density at radius 2 is 1.67 bits per heavy atom. The molecule has 3 aromatic carbocycles. The van der Waals surface area contributed by atoms with Gasteiger partial charge in [-0.15, -0.1) is 0 Å². The molecule has 0 aliphatic carbocycles. The molecule has 4 aromatic rings. The van der Waals surface area contributed by atoms with Crippen LogP contribution in [0.1, 0.15) is 27.9 Å². The van der Waals surface area contributed by atoms with Crippen LogP contribution in [0.25, 0.3) is 11.0 Å². The summed E-state index contributed by atoms with van der Waals surface area (Å²) in [6.07, 6.45) is 0.338. The Kier molecular flexibility index (Phi) is 7.34. The van der Waals surface area contributed by atoms with E-state index in [0.717, 1.165) is 10.9 Å². The summed E-state index contributed by atoms with van der Waals surface area (Å²) in [5, 5.41) is 6.41. The highest BCUT2D eigenvalue weighted by molar-refractivity contribution is 6.05. The average molecular weight is 487 g/mol. The van der Waals surface area contributed by atoms with Crippen LogP contribution in [-0.2, 0) is 11.2 Å². The van der Waals surface area contributed by atoms with E-state index in [2.05, 4.69) is 10.6 Å². The number of rotatable bonds is 8. The van der Waals surface area contributed by atoms with Gasteiger partial charge in [0.25, 0.3) is 5.91 Å². The first-order chi connectivity index (χ1) is 17.4. The quantitative estimate of drug-likeness (QED) is 0.342. The third-order valence-electron chi connectivity index (χ3n) is 5.88. The number of fused-ring (bicyclic) bond motifs is 1. The zero-order chi connectivity index (χ0) is 25.7. The molecule has 0 aliphatic rings. The minimum atomic E-state index is -0.466. The van der Waals surface area contributed by atoms with Gasteiger partial charge in [-0.3, -0.25) is 9.59 Å². The van der Waals surface area contributed by atoms with Gasteiger partial charge in [0.1, 0.15) is 17.1 Å². The Labute approximate surface area is 207 Å². The molecule has 1 heterocycles. The lowest BCUT2D eigenvalue weighted by Gasteiger charge is -2.11. The number of hydrogen-bond donors (Lipinski definition) is 2. The Balaban J connectivity index is 1.38. The van der Waals surface area contributed by atoms with Gasteiger partial charge in [-0.2, -0.15) is 0 Å². The largest absolute Gasteiger partial charge is 0.497 e. The molecule has 0 atom stereocenters. The second-order valence-corrected chi connectivity index (χ2v) is 8.14. The first-order valence-electron chi connectivity index (χ1n) is 11.3. The van der Waals surface area contributed by atoms with Crippen molar-refractivity contribution in [1.29, 1.82) is 0 Å². The third kappa shape index (κ3) is 5.38. The second-order valence-electron chi connectivity index (χ2n) is 8.14. The van der Waals surface area contributed by atoms with Gasteiger partial charge in [-0.1, -0.05) is 12.1 Å². The smallest absolute Gasteiger partial charge is 0.339 e. The van der Waals surface area contributed by atoms with Gasteiger partial charge in [-0.05, 0) is 67.4 Å². The van der Waals surface area contributed by atoms with Crippen LogP contribution in [-0.4, -0.2) is 26.0 Å². The number of carbonyl (C=O) groups excluding carboxylic acids is 2. The number of hydrogen-bond acceptors (Lipinski definition) is 6. The van der Waals surface area contributed by atoms with Crippen LogP contribution in [0.2, 0.25) is 0 Å². The number of para-hydroxylation sites is 2. The van der Waals surface area contributed by atoms with Crippen molar-refractivity contribution in [3.8, 4) is 11.5 Å². The van der Waals surface area contributed by atoms with Crippen LogP contribution in [0.4, 0.5) is 11.4 Å². The minimum Gasteiger partial charge on any atom is -0.497 e. The highest BCUT2D eigenvalue weighted by atomic mass is 16.5. The van der Waals surface area contributed by atoms with E-state index in [1.54, 1.807) is 61.7 Å². The molecule has 36 heavy (non-hydrogen) atoms. The van der Waals surface area contributed by atoms with Crippen molar-refractivity contribution in [2.24, 2.45) is 0 Å². The molecule has 0 spiro atoms. The van der Waals surface area contributed by atoms with Gasteiger partial charge in [0.05, 0.1) is 19.9 Å². The maximum Gasteiger partial charge on any atom is 0.339 e. The van der Waals surface area contributed by atoms with Crippen molar-refractivity contribution in [1.82, 2.24) is 0 Å². The Morgan fingerprint density at radius 1 is 0.917 bits per heavy atom. The molecule has 184 valence electrons. The Morgan fingerprint density at radius 3 is 2.39 bits per heavy atom. The molecule has 2 N–H and O–H groups in total. The number of methoxy groups -OCH3 is 2. The number of carbonyl (C=O) groups is 2. The SMILES string of the molecule is COc1ccc2c(C)c(CCC(=O)Nc3ccc(C(=O)Nc4ccccc4OC)cc3)c(=O)oc2c1. The van der Waals surface area contributed by atoms with Crippen LogP contribution in [0.3, 0.4) is 0 Å². The lowest BCUT2D eigenvalue weighted by Crippen LogP contribution is -2.17. The monoisotopic (exact) mass is 486 g/mol. The van der Waals surface area contributed by atoms with Gasteiger partial charge in [0, 0.05) is 34.7 Å². The van der Waals surface area contributed by atoms with E-state index in [0.29, 0.717) is 39.6 Å². The normalized spacial score (nSPS) is 10.6. The maximum atomic E-state index is 12.6. The lowest BCUT2D eigenvalue weighted by molar-refractivity contribution is -0.116. The van der Waals surface area contributed by atoms with Crippen LogP contribution in [0.15, 0.2) is 75.9 Å². The zero-order valence-corrected chi connectivity index (χ0v) is 20.2. The summed E-state index contributed by atoms with van der Waals surface area (Å²) >= 11 is 0. The number of amides is 2. The number of benzene rings is 3. The molecule has 0 aliphatic heterocycles. The molecule has 0 bridgehead atoms. The van der Waals surface area contributed by atoms with E-state index in [-0.39, 0.29) is 24.7 Å². The lowest BCUT2D eigenvalue weighted by atomic mass is 10.0. The van der Waals surface area contributed by atoms with Crippen LogP contribution in [0.5, 0.6) is 11.5 Å². The molecule has 0 radical (unpaired) electrons. The van der Waals surface area contributed by atoms with E-state index < -0.39 is 5.63 Å². The Bertz CT molecular complexity index is 1470. The molecule has 8 nitrogen and oxygen atoms in total. The highest BCUT2D eigenvalue weighted by Gasteiger charge is 2.14. The number of ether oxygens (including phenoxy) is 2. The van der Waals surface area contributed by atoms with Crippen LogP contribution >= 0.6 is 0 Å². The van der Waals surface area contributed by atoms with Gasteiger partial charge in [0.2, 0.25) is 5.91 Å². The molecule has 4 rings (SSSR count). The molecule has 2 amide bonds. The van der Waals surface area contributed by atoms with E-state index in [1.807, 2.05) is 19.1 Å². The fourth-order valence-electron chi connectivity index (χ4n) is 3.90. The van der Waals surface area contributed by atoms with Crippen molar-refractivity contribution in [3.05, 3.63) is 93.8 Å². The number of nitrogens with one attached hydrogen (secondary N) is 2. The maximum absolute atomic E-state index is 12.6. The minimum absolute atomic E-state index is 0.100. The van der Waals surface area contributed by atoms with Crippen LogP contribution in [0, 0.1) is 6.92 Å². The Hall–Kier alpha value is -4.59. The van der Waals surface area contributed by atoms with Gasteiger partial charge < -0.3 is 24.5 Å². The van der Waals surface area contributed by atoms with E-state index >= 15 is 0 Å². The number of anilines is 2. The summed E-state index contributed by atoms with van der Waals surface area (Å²) in [6.45, 7) is 1.84. The standard InChI is InChI=1S/C28H26N2O6/c1-17-21-13-12-20(34-2)16-25(21)36-28(33)22(17)14-15-26(31)29-19-10-8-18(9-11-19)27(32)30-23-6-4-5-7-24(23)35-3/h4-13,16H,14-15H2,1-3H3,(H,29,31)(H,30,32). The van der Waals surface area contributed by atoms with Crippen molar-refractivity contribution in [3.63, 3.8) is 0 Å². The van der Waals surface area contributed by atoms with Crippen molar-refractivity contribution in [2.75, 3.05) is 24.9 Å². The molecule has 8 heteroatoms. The van der Waals surface area contributed by atoms with Gasteiger partial charge in [0.15, 0.2) is 0 Å². The van der Waals surface area contributed by atoms with Crippen LogP contribution < -0.4 is 25.7 Å². The first-order valence-corrected chi connectivity index (χ1v) is 11.3. The molecule has 0 fully saturated rings. The molecule has 0 saturated carbocycles. The van der Waals surface area contributed by atoms with Crippen molar-refractivity contribution in [2.45, 2.75) is 19.8 Å². The van der Waals surface area contributed by atoms with Crippen molar-refractivity contribution < 1.29 is 23.5 Å².